The number of sulfonamides is 1. The maximum atomic E-state index is 11.6. The van der Waals surface area contributed by atoms with E-state index in [1.807, 2.05) is 12.1 Å². The molecule has 0 aromatic heterocycles. The van der Waals surface area contributed by atoms with Crippen molar-refractivity contribution in [1.82, 2.24) is 0 Å². The van der Waals surface area contributed by atoms with Gasteiger partial charge in [0.15, 0.2) is 0 Å². The quantitative estimate of drug-likeness (QED) is 0.604. The van der Waals surface area contributed by atoms with E-state index in [1.165, 1.54) is 0 Å². The van der Waals surface area contributed by atoms with E-state index in [2.05, 4.69) is 27.3 Å². The normalized spacial score (nSPS) is 11.4. The van der Waals surface area contributed by atoms with Gasteiger partial charge in [0.2, 0.25) is 10.0 Å². The van der Waals surface area contributed by atoms with Gasteiger partial charge in [-0.25, -0.2) is 8.42 Å². The first-order valence-corrected chi connectivity index (χ1v) is 7.73. The highest BCUT2D eigenvalue weighted by Crippen LogP contribution is 2.14. The van der Waals surface area contributed by atoms with Crippen LogP contribution >= 0.6 is 22.6 Å². The summed E-state index contributed by atoms with van der Waals surface area (Å²) >= 11 is 2.14. The maximum Gasteiger partial charge on any atom is 0.232 e. The third-order valence-electron chi connectivity index (χ3n) is 1.97. The lowest BCUT2D eigenvalue weighted by atomic mass is 10.3. The molecule has 1 rings (SSSR count). The second kappa shape index (κ2) is 6.41. The SMILES string of the molecule is NCCCCS(=O)(=O)Nc1cccc(I)c1. The molecule has 0 saturated heterocycles. The Morgan fingerprint density at radius 1 is 1.31 bits per heavy atom. The first kappa shape index (κ1) is 13.7. The molecular weight excluding hydrogens is 339 g/mol. The van der Waals surface area contributed by atoms with Crippen LogP contribution in [0.25, 0.3) is 0 Å². The fourth-order valence-electron chi connectivity index (χ4n) is 1.22. The molecule has 0 radical (unpaired) electrons. The van der Waals surface area contributed by atoms with Gasteiger partial charge in [0.05, 0.1) is 5.75 Å². The molecule has 1 aromatic carbocycles. The number of unbranched alkanes of at least 4 members (excludes halogenated alkanes) is 1. The van der Waals surface area contributed by atoms with Crippen molar-refractivity contribution in [2.45, 2.75) is 12.8 Å². The lowest BCUT2D eigenvalue weighted by Crippen LogP contribution is -2.17. The lowest BCUT2D eigenvalue weighted by molar-refractivity contribution is 0.597. The molecule has 6 heteroatoms. The molecule has 0 saturated carbocycles. The second-order valence-corrected chi connectivity index (χ2v) is 6.51. The average Bonchev–Trinajstić information content (AvgIpc) is 2.17. The molecule has 0 heterocycles. The van der Waals surface area contributed by atoms with Crippen LogP contribution in [0.3, 0.4) is 0 Å². The third-order valence-corrected chi connectivity index (χ3v) is 4.01. The Labute approximate surface area is 110 Å². The first-order valence-electron chi connectivity index (χ1n) is 4.99. The lowest BCUT2D eigenvalue weighted by Gasteiger charge is -2.07. The smallest absolute Gasteiger partial charge is 0.232 e. The molecule has 16 heavy (non-hydrogen) atoms. The van der Waals surface area contributed by atoms with Crippen LogP contribution in [0.1, 0.15) is 12.8 Å². The highest BCUT2D eigenvalue weighted by molar-refractivity contribution is 14.1. The predicted octanol–water partition coefficient (Wildman–Crippen LogP) is 1.77. The van der Waals surface area contributed by atoms with E-state index in [-0.39, 0.29) is 5.75 Å². The van der Waals surface area contributed by atoms with Crippen molar-refractivity contribution < 1.29 is 8.42 Å². The Hall–Kier alpha value is -0.340. The van der Waals surface area contributed by atoms with Crippen LogP contribution in [0.15, 0.2) is 24.3 Å². The summed E-state index contributed by atoms with van der Waals surface area (Å²) in [6.07, 6.45) is 1.32. The minimum Gasteiger partial charge on any atom is -0.330 e. The largest absolute Gasteiger partial charge is 0.330 e. The Morgan fingerprint density at radius 3 is 2.69 bits per heavy atom. The number of benzene rings is 1. The number of halogens is 1. The fourth-order valence-corrected chi connectivity index (χ4v) is 2.93. The van der Waals surface area contributed by atoms with Gasteiger partial charge in [-0.15, -0.1) is 0 Å². The monoisotopic (exact) mass is 354 g/mol. The molecule has 0 bridgehead atoms. The fraction of sp³-hybridized carbons (Fsp3) is 0.400. The predicted molar refractivity (Wildman–Crippen MR) is 74.9 cm³/mol. The highest BCUT2D eigenvalue weighted by atomic mass is 127. The van der Waals surface area contributed by atoms with Crippen molar-refractivity contribution in [3.05, 3.63) is 27.8 Å². The van der Waals surface area contributed by atoms with Gasteiger partial charge in [0.25, 0.3) is 0 Å². The van der Waals surface area contributed by atoms with Gasteiger partial charge in [0, 0.05) is 9.26 Å². The molecule has 0 aliphatic carbocycles. The third kappa shape index (κ3) is 5.13. The van der Waals surface area contributed by atoms with Crippen LogP contribution in [0.4, 0.5) is 5.69 Å². The second-order valence-electron chi connectivity index (χ2n) is 3.43. The van der Waals surface area contributed by atoms with Crippen molar-refractivity contribution in [3.8, 4) is 0 Å². The molecule has 0 aliphatic rings. The summed E-state index contributed by atoms with van der Waals surface area (Å²) in [5.74, 6) is 0.121. The van der Waals surface area contributed by atoms with E-state index < -0.39 is 10.0 Å². The molecule has 0 spiro atoms. The summed E-state index contributed by atoms with van der Waals surface area (Å²) in [7, 11) is -3.23. The van der Waals surface area contributed by atoms with Crippen LogP contribution in [0, 0.1) is 3.57 Å². The topological polar surface area (TPSA) is 72.2 Å². The summed E-state index contributed by atoms with van der Waals surface area (Å²) in [5, 5.41) is 0. The van der Waals surface area contributed by atoms with Gasteiger partial charge in [-0.1, -0.05) is 6.07 Å². The summed E-state index contributed by atoms with van der Waals surface area (Å²) in [6, 6.07) is 7.26. The standard InChI is InChI=1S/C10H15IN2O2S/c11-9-4-3-5-10(8-9)13-16(14,15)7-2-1-6-12/h3-5,8,13H,1-2,6-7,12H2. The van der Waals surface area contributed by atoms with E-state index in [1.54, 1.807) is 12.1 Å². The van der Waals surface area contributed by atoms with E-state index >= 15 is 0 Å². The molecule has 0 aliphatic heterocycles. The zero-order chi connectivity index (χ0) is 12.0. The molecule has 0 atom stereocenters. The Balaban J connectivity index is 2.59. The number of anilines is 1. The van der Waals surface area contributed by atoms with Crippen LogP contribution < -0.4 is 10.5 Å². The molecule has 4 nitrogen and oxygen atoms in total. The Morgan fingerprint density at radius 2 is 2.06 bits per heavy atom. The number of hydrogen-bond acceptors (Lipinski definition) is 3. The zero-order valence-corrected chi connectivity index (χ0v) is 11.8. The summed E-state index contributed by atoms with van der Waals surface area (Å²) in [4.78, 5) is 0. The molecule has 0 fully saturated rings. The Kier molecular flexibility index (Phi) is 5.50. The van der Waals surface area contributed by atoms with E-state index in [0.29, 0.717) is 18.7 Å². The number of hydrogen-bond donors (Lipinski definition) is 2. The van der Waals surface area contributed by atoms with E-state index in [0.717, 1.165) is 9.99 Å². The van der Waals surface area contributed by atoms with Crippen LogP contribution in [0.5, 0.6) is 0 Å². The van der Waals surface area contributed by atoms with Gasteiger partial charge in [-0.05, 0) is 60.2 Å². The summed E-state index contributed by atoms with van der Waals surface area (Å²) in [6.45, 7) is 0.527. The maximum absolute atomic E-state index is 11.6. The molecule has 0 amide bonds. The van der Waals surface area contributed by atoms with Crippen molar-refractivity contribution in [2.75, 3.05) is 17.0 Å². The molecule has 90 valence electrons. The van der Waals surface area contributed by atoms with Crippen molar-refractivity contribution in [3.63, 3.8) is 0 Å². The van der Waals surface area contributed by atoms with Crippen LogP contribution in [-0.2, 0) is 10.0 Å². The van der Waals surface area contributed by atoms with Crippen LogP contribution in [-0.4, -0.2) is 20.7 Å². The van der Waals surface area contributed by atoms with Crippen molar-refractivity contribution in [2.24, 2.45) is 5.73 Å². The summed E-state index contributed by atoms with van der Waals surface area (Å²) < 4.78 is 26.8. The minimum atomic E-state index is -3.23. The Bertz CT molecular complexity index is 434. The molecular formula is C10H15IN2O2S. The number of nitrogens with one attached hydrogen (secondary N) is 1. The number of nitrogens with two attached hydrogens (primary N) is 1. The van der Waals surface area contributed by atoms with E-state index in [4.69, 9.17) is 5.73 Å². The number of rotatable bonds is 6. The van der Waals surface area contributed by atoms with Gasteiger partial charge < -0.3 is 5.73 Å². The zero-order valence-electron chi connectivity index (χ0n) is 8.82. The average molecular weight is 354 g/mol. The molecule has 1 aromatic rings. The van der Waals surface area contributed by atoms with Crippen LogP contribution in [0.2, 0.25) is 0 Å². The highest BCUT2D eigenvalue weighted by Gasteiger charge is 2.09. The van der Waals surface area contributed by atoms with Gasteiger partial charge >= 0.3 is 0 Å². The molecule has 0 unspecified atom stereocenters. The van der Waals surface area contributed by atoms with Gasteiger partial charge in [0.1, 0.15) is 0 Å². The summed E-state index contributed by atoms with van der Waals surface area (Å²) in [5.41, 5.74) is 5.92. The van der Waals surface area contributed by atoms with Crippen molar-refractivity contribution >= 4 is 38.3 Å². The van der Waals surface area contributed by atoms with Gasteiger partial charge in [-0.3, -0.25) is 4.72 Å². The van der Waals surface area contributed by atoms with E-state index in [9.17, 15) is 8.42 Å². The molecule has 3 N–H and O–H groups in total. The van der Waals surface area contributed by atoms with Crippen molar-refractivity contribution in [1.29, 1.82) is 0 Å². The first-order chi connectivity index (χ1) is 7.53. The van der Waals surface area contributed by atoms with Gasteiger partial charge in [-0.2, -0.15) is 0 Å². The minimum absolute atomic E-state index is 0.121.